The average Bonchev–Trinajstić information content (AvgIpc) is 2.42. The highest BCUT2D eigenvalue weighted by Crippen LogP contribution is 2.25. The molecule has 4 nitrogen and oxygen atoms in total. The van der Waals surface area contributed by atoms with E-state index in [9.17, 15) is 5.11 Å². The smallest absolute Gasteiger partial charge is 0.119 e. The lowest BCUT2D eigenvalue weighted by Gasteiger charge is -2.02. The molecule has 0 saturated carbocycles. The van der Waals surface area contributed by atoms with Crippen molar-refractivity contribution in [2.24, 2.45) is 10.2 Å². The van der Waals surface area contributed by atoms with Gasteiger partial charge in [0.2, 0.25) is 0 Å². The summed E-state index contributed by atoms with van der Waals surface area (Å²) >= 11 is 0. The summed E-state index contributed by atoms with van der Waals surface area (Å²) in [5.41, 5.74) is 3.52. The predicted molar refractivity (Wildman–Crippen MR) is 81.0 cm³/mol. The van der Waals surface area contributed by atoms with Gasteiger partial charge in [0.1, 0.15) is 5.75 Å². The Morgan fingerprint density at radius 3 is 2.30 bits per heavy atom. The van der Waals surface area contributed by atoms with Gasteiger partial charge in [-0.05, 0) is 49.2 Å². The lowest BCUT2D eigenvalue weighted by Crippen LogP contribution is -1.81. The Hall–Kier alpha value is -2.46. The van der Waals surface area contributed by atoms with E-state index in [-0.39, 0.29) is 11.2 Å². The molecule has 0 aromatic heterocycles. The van der Waals surface area contributed by atoms with Gasteiger partial charge in [-0.2, -0.15) is 10.2 Å². The first-order chi connectivity index (χ1) is 9.19. The van der Waals surface area contributed by atoms with Crippen LogP contribution in [0.15, 0.2) is 65.3 Å². The van der Waals surface area contributed by atoms with Gasteiger partial charge in [0.15, 0.2) is 0 Å². The molecule has 0 unspecified atom stereocenters. The highest BCUT2D eigenvalue weighted by molar-refractivity contribution is 5.48. The second-order valence-corrected chi connectivity index (χ2v) is 4.34. The summed E-state index contributed by atoms with van der Waals surface area (Å²) in [4.78, 5) is 0. The lowest BCUT2D eigenvalue weighted by molar-refractivity contribution is 0.470. The second kappa shape index (κ2) is 7.21. The normalized spacial score (nSPS) is 10.2. The van der Waals surface area contributed by atoms with E-state index in [0.29, 0.717) is 6.42 Å². The molecule has 0 bridgehead atoms. The summed E-state index contributed by atoms with van der Waals surface area (Å²) in [7, 11) is 0. The first-order valence-electron chi connectivity index (χ1n) is 6.10. The van der Waals surface area contributed by atoms with E-state index in [1.165, 1.54) is 5.56 Å². The van der Waals surface area contributed by atoms with Gasteiger partial charge in [-0.1, -0.05) is 23.8 Å². The maximum absolute atomic E-state index is 9.66. The van der Waals surface area contributed by atoms with Crippen molar-refractivity contribution in [3.8, 4) is 5.75 Å². The minimum absolute atomic E-state index is 0. The van der Waals surface area contributed by atoms with Gasteiger partial charge in [-0.3, -0.25) is 0 Å². The number of benzene rings is 2. The van der Waals surface area contributed by atoms with Crippen LogP contribution in [0.4, 0.5) is 11.4 Å². The summed E-state index contributed by atoms with van der Waals surface area (Å²) in [6.07, 6.45) is 2.36. The average molecular weight is 270 g/mol. The third-order valence-electron chi connectivity index (χ3n) is 2.74. The fraction of sp³-hybridized carbons (Fsp3) is 0.125. The minimum atomic E-state index is 0. The summed E-state index contributed by atoms with van der Waals surface area (Å²) in [6, 6.07) is 13.0. The van der Waals surface area contributed by atoms with Crippen LogP contribution in [0.1, 0.15) is 11.1 Å². The maximum atomic E-state index is 9.66. The number of aryl methyl sites for hydroxylation is 1. The number of phenolic OH excluding ortho intramolecular Hbond substituents is 1. The standard InChI is InChI=1S/C16H16N2O.H2O/c1-3-4-13-11-15(9-10-16(13)19)18-17-14-7-5-12(2)6-8-14;/h3,5-11,19H,1,4H2,2H3;1H2. The zero-order valence-corrected chi connectivity index (χ0v) is 11.4. The number of rotatable bonds is 4. The number of allylic oxidation sites excluding steroid dienone is 1. The summed E-state index contributed by atoms with van der Waals surface area (Å²) in [6.45, 7) is 5.69. The van der Waals surface area contributed by atoms with Gasteiger partial charge in [0.05, 0.1) is 11.4 Å². The van der Waals surface area contributed by atoms with Crippen LogP contribution in [0.25, 0.3) is 0 Å². The topological polar surface area (TPSA) is 76.5 Å². The Morgan fingerprint density at radius 1 is 1.05 bits per heavy atom. The Bertz CT molecular complexity index is 604. The van der Waals surface area contributed by atoms with Gasteiger partial charge in [0.25, 0.3) is 0 Å². The lowest BCUT2D eigenvalue weighted by atomic mass is 10.1. The largest absolute Gasteiger partial charge is 0.508 e. The van der Waals surface area contributed by atoms with Crippen molar-refractivity contribution in [2.75, 3.05) is 0 Å². The molecular formula is C16H18N2O2. The van der Waals surface area contributed by atoms with Crippen LogP contribution in [0, 0.1) is 6.92 Å². The van der Waals surface area contributed by atoms with Crippen molar-refractivity contribution >= 4 is 11.4 Å². The molecule has 0 aliphatic carbocycles. The molecule has 2 aromatic carbocycles. The van der Waals surface area contributed by atoms with Gasteiger partial charge >= 0.3 is 0 Å². The molecule has 0 spiro atoms. The molecule has 0 radical (unpaired) electrons. The van der Waals surface area contributed by atoms with Gasteiger partial charge in [-0.25, -0.2) is 0 Å². The van der Waals surface area contributed by atoms with Crippen LogP contribution in [0.5, 0.6) is 5.75 Å². The van der Waals surface area contributed by atoms with Crippen LogP contribution in [0.3, 0.4) is 0 Å². The van der Waals surface area contributed by atoms with Crippen LogP contribution in [0.2, 0.25) is 0 Å². The number of hydrogen-bond acceptors (Lipinski definition) is 3. The minimum Gasteiger partial charge on any atom is -0.508 e. The van der Waals surface area contributed by atoms with Crippen molar-refractivity contribution in [1.82, 2.24) is 0 Å². The Kier molecular flexibility index (Phi) is 5.62. The first-order valence-corrected chi connectivity index (χ1v) is 6.10. The fourth-order valence-electron chi connectivity index (χ4n) is 1.68. The zero-order valence-electron chi connectivity index (χ0n) is 11.4. The maximum Gasteiger partial charge on any atom is 0.119 e. The number of phenols is 1. The molecule has 4 heteroatoms. The van der Waals surface area contributed by atoms with E-state index in [4.69, 9.17) is 0 Å². The third kappa shape index (κ3) is 4.03. The van der Waals surface area contributed by atoms with Crippen molar-refractivity contribution in [3.63, 3.8) is 0 Å². The van der Waals surface area contributed by atoms with Crippen LogP contribution in [-0.4, -0.2) is 10.6 Å². The number of aromatic hydroxyl groups is 1. The summed E-state index contributed by atoms with van der Waals surface area (Å²) in [5, 5.41) is 18.0. The first kappa shape index (κ1) is 15.6. The van der Waals surface area contributed by atoms with E-state index in [2.05, 4.69) is 16.8 Å². The molecule has 0 aliphatic heterocycles. The zero-order chi connectivity index (χ0) is 13.7. The SMILES string of the molecule is C=CCc1cc(N=Nc2ccc(C)cc2)ccc1O.O. The highest BCUT2D eigenvalue weighted by atomic mass is 16.3. The molecule has 104 valence electrons. The van der Waals surface area contributed by atoms with Crippen molar-refractivity contribution < 1.29 is 10.6 Å². The van der Waals surface area contributed by atoms with Gasteiger partial charge in [-0.15, -0.1) is 6.58 Å². The highest BCUT2D eigenvalue weighted by Gasteiger charge is 2.00. The molecule has 0 saturated heterocycles. The second-order valence-electron chi connectivity index (χ2n) is 4.34. The molecule has 2 rings (SSSR count). The summed E-state index contributed by atoms with van der Waals surface area (Å²) in [5.74, 6) is 0.259. The quantitative estimate of drug-likeness (QED) is 0.661. The van der Waals surface area contributed by atoms with Gasteiger partial charge < -0.3 is 10.6 Å². The van der Waals surface area contributed by atoms with Crippen LogP contribution < -0.4 is 0 Å². The molecular weight excluding hydrogens is 252 g/mol. The van der Waals surface area contributed by atoms with Crippen molar-refractivity contribution in [2.45, 2.75) is 13.3 Å². The predicted octanol–water partition coefficient (Wildman–Crippen LogP) is 4.02. The number of azo groups is 1. The molecule has 20 heavy (non-hydrogen) atoms. The van der Waals surface area contributed by atoms with E-state index < -0.39 is 0 Å². The Labute approximate surface area is 118 Å². The molecule has 2 aromatic rings. The molecule has 3 N–H and O–H groups in total. The van der Waals surface area contributed by atoms with E-state index in [1.807, 2.05) is 37.3 Å². The molecule has 0 atom stereocenters. The summed E-state index contributed by atoms with van der Waals surface area (Å²) < 4.78 is 0. The van der Waals surface area contributed by atoms with Crippen LogP contribution in [-0.2, 0) is 6.42 Å². The van der Waals surface area contributed by atoms with Crippen LogP contribution >= 0.6 is 0 Å². The monoisotopic (exact) mass is 270 g/mol. The Balaban J connectivity index is 0.00000200. The number of nitrogens with zero attached hydrogens (tertiary/aromatic N) is 2. The molecule has 0 heterocycles. The molecule has 0 aliphatic rings. The van der Waals surface area contributed by atoms with Crippen molar-refractivity contribution in [1.29, 1.82) is 0 Å². The van der Waals surface area contributed by atoms with E-state index in [1.54, 1.807) is 18.2 Å². The fourth-order valence-corrected chi connectivity index (χ4v) is 1.68. The van der Waals surface area contributed by atoms with Crippen molar-refractivity contribution in [3.05, 3.63) is 66.2 Å². The van der Waals surface area contributed by atoms with E-state index >= 15 is 0 Å². The molecule has 0 amide bonds. The van der Waals surface area contributed by atoms with E-state index in [0.717, 1.165) is 16.9 Å². The molecule has 0 fully saturated rings. The van der Waals surface area contributed by atoms with Gasteiger partial charge in [0, 0.05) is 0 Å². The third-order valence-corrected chi connectivity index (χ3v) is 2.74. The number of hydrogen-bond donors (Lipinski definition) is 1. The Morgan fingerprint density at radius 2 is 1.65 bits per heavy atom.